The number of phosphoric ester groups is 1. The number of nitrogens with one attached hydrogen (secondary N) is 1. The topological polar surface area (TPSA) is 98.7 Å². The van der Waals surface area contributed by atoms with Crippen LogP contribution in [0.4, 0.5) is 0 Å². The van der Waals surface area contributed by atoms with Crippen molar-refractivity contribution in [1.82, 2.24) is 5.32 Å². The first kappa shape index (κ1) is 13.0. The number of hydrogen-bond acceptors (Lipinski definition) is 3. The van der Waals surface area contributed by atoms with Gasteiger partial charge >= 0.3 is 7.82 Å². The average molecular weight is 212 g/mol. The van der Waals surface area contributed by atoms with Gasteiger partial charge in [-0.25, -0.2) is 9.67 Å². The summed E-state index contributed by atoms with van der Waals surface area (Å²) in [5.74, 6) is 0. The summed E-state index contributed by atoms with van der Waals surface area (Å²) in [7, 11) is -4.36. The molecule has 0 amide bonds. The first-order valence-corrected chi connectivity index (χ1v) is 5.50. The van der Waals surface area contributed by atoms with Gasteiger partial charge in [0.2, 0.25) is 0 Å². The quantitative estimate of drug-likeness (QED) is 0.404. The maximum Gasteiger partial charge on any atom is 0.469 e. The fourth-order valence-electron chi connectivity index (χ4n) is 0.688. The molecule has 0 saturated carbocycles. The second-order valence-electron chi connectivity index (χ2n) is 2.70. The molecule has 0 aliphatic rings. The molecule has 0 spiro atoms. The van der Waals surface area contributed by atoms with E-state index in [9.17, 15) is 9.67 Å². The van der Waals surface area contributed by atoms with Crippen LogP contribution in [-0.2, 0) is 14.2 Å². The molecule has 3 N–H and O–H groups in total. The fraction of sp³-hybridized carbons (Fsp3) is 1.00. The van der Waals surface area contributed by atoms with Crippen LogP contribution in [0.5, 0.6) is 0 Å². The van der Waals surface area contributed by atoms with Crippen molar-refractivity contribution < 1.29 is 24.0 Å². The summed E-state index contributed by atoms with van der Waals surface area (Å²) in [5.41, 5.74) is 0. The molecule has 0 saturated heterocycles. The molecule has 0 fully saturated rings. The lowest BCUT2D eigenvalue weighted by Gasteiger charge is -2.13. The third kappa shape index (κ3) is 9.95. The Kier molecular flexibility index (Phi) is 6.49. The maximum absolute atomic E-state index is 10.3. The molecule has 7 heteroatoms. The van der Waals surface area contributed by atoms with Gasteiger partial charge < -0.3 is 15.1 Å². The molecule has 0 aromatic carbocycles. The Balaban J connectivity index is 3.40. The van der Waals surface area contributed by atoms with Gasteiger partial charge in [-0.15, -0.1) is 0 Å². The smallest absolute Gasteiger partial charge is 0.312 e. The monoisotopic (exact) mass is 212 g/mol. The van der Waals surface area contributed by atoms with Crippen molar-refractivity contribution in [2.75, 3.05) is 19.8 Å². The molecule has 0 bridgehead atoms. The van der Waals surface area contributed by atoms with Gasteiger partial charge in [0.25, 0.3) is 0 Å². The molecule has 0 rings (SSSR count). The highest BCUT2D eigenvalue weighted by Crippen LogP contribution is 2.35. The van der Waals surface area contributed by atoms with Gasteiger partial charge in [0.1, 0.15) is 0 Å². The SMILES string of the molecule is CC(COP(=O)(O)O)NCCC[O]. The van der Waals surface area contributed by atoms with E-state index in [0.29, 0.717) is 13.0 Å². The van der Waals surface area contributed by atoms with E-state index in [4.69, 9.17) is 9.79 Å². The first-order valence-electron chi connectivity index (χ1n) is 3.97. The molecule has 13 heavy (non-hydrogen) atoms. The van der Waals surface area contributed by atoms with Crippen LogP contribution in [0.2, 0.25) is 0 Å². The van der Waals surface area contributed by atoms with Crippen LogP contribution in [0, 0.1) is 0 Å². The van der Waals surface area contributed by atoms with Crippen molar-refractivity contribution in [3.8, 4) is 0 Å². The van der Waals surface area contributed by atoms with Gasteiger partial charge in [0.15, 0.2) is 0 Å². The average Bonchev–Trinajstić information content (AvgIpc) is 2.00. The van der Waals surface area contributed by atoms with Crippen LogP contribution in [0.3, 0.4) is 0 Å². The van der Waals surface area contributed by atoms with Crippen molar-refractivity contribution >= 4 is 7.82 Å². The Morgan fingerprint density at radius 3 is 2.62 bits per heavy atom. The van der Waals surface area contributed by atoms with Gasteiger partial charge in [-0.05, 0) is 19.9 Å². The van der Waals surface area contributed by atoms with Crippen LogP contribution in [0.25, 0.3) is 0 Å². The second-order valence-corrected chi connectivity index (χ2v) is 3.94. The van der Waals surface area contributed by atoms with Gasteiger partial charge in [-0.3, -0.25) is 4.52 Å². The third-order valence-corrected chi connectivity index (χ3v) is 1.79. The molecule has 0 aliphatic heterocycles. The van der Waals surface area contributed by atoms with E-state index in [1.807, 2.05) is 0 Å². The van der Waals surface area contributed by atoms with Crippen molar-refractivity contribution in [1.29, 1.82) is 0 Å². The van der Waals surface area contributed by atoms with Gasteiger partial charge in [0, 0.05) is 6.04 Å². The van der Waals surface area contributed by atoms with E-state index in [2.05, 4.69) is 9.84 Å². The van der Waals surface area contributed by atoms with Crippen molar-refractivity contribution in [2.45, 2.75) is 19.4 Å². The summed E-state index contributed by atoms with van der Waals surface area (Å²) < 4.78 is 14.5. The predicted octanol–water partition coefficient (Wildman–Crippen LogP) is -0.106. The molecule has 0 aromatic rings. The van der Waals surface area contributed by atoms with E-state index in [0.717, 1.165) is 0 Å². The highest BCUT2D eigenvalue weighted by Gasteiger charge is 2.15. The lowest BCUT2D eigenvalue weighted by molar-refractivity contribution is 0.171. The minimum Gasteiger partial charge on any atom is -0.312 e. The lowest BCUT2D eigenvalue weighted by Crippen LogP contribution is -2.31. The van der Waals surface area contributed by atoms with Crippen molar-refractivity contribution in [3.05, 3.63) is 0 Å². The van der Waals surface area contributed by atoms with E-state index in [1.165, 1.54) is 0 Å². The second kappa shape index (κ2) is 6.48. The molecule has 1 unspecified atom stereocenters. The summed E-state index contributed by atoms with van der Waals surface area (Å²) in [4.78, 5) is 16.7. The molecule has 0 heterocycles. The number of hydrogen-bond donors (Lipinski definition) is 3. The Hall–Kier alpha value is 0.0300. The molecule has 1 radical (unpaired) electrons. The summed E-state index contributed by atoms with van der Waals surface area (Å²) >= 11 is 0. The molecular formula is C6H15NO5P. The van der Waals surface area contributed by atoms with Crippen molar-refractivity contribution in [3.63, 3.8) is 0 Å². The highest BCUT2D eigenvalue weighted by atomic mass is 31.2. The minimum absolute atomic E-state index is 0.0663. The summed E-state index contributed by atoms with van der Waals surface area (Å²) in [6.07, 6.45) is 0.500. The van der Waals surface area contributed by atoms with E-state index in [1.54, 1.807) is 6.92 Å². The van der Waals surface area contributed by atoms with Crippen LogP contribution >= 0.6 is 7.82 Å². The largest absolute Gasteiger partial charge is 0.469 e. The summed E-state index contributed by atoms with van der Waals surface area (Å²) in [5, 5.41) is 12.9. The van der Waals surface area contributed by atoms with E-state index < -0.39 is 7.82 Å². The number of phosphoric acid groups is 1. The number of rotatable bonds is 7. The molecule has 0 aromatic heterocycles. The van der Waals surface area contributed by atoms with Gasteiger partial charge in [0.05, 0.1) is 13.2 Å². The predicted molar refractivity (Wildman–Crippen MR) is 45.6 cm³/mol. The van der Waals surface area contributed by atoms with E-state index >= 15 is 0 Å². The normalized spacial score (nSPS) is 14.5. The Bertz CT molecular complexity index is 170. The Morgan fingerprint density at radius 2 is 2.15 bits per heavy atom. The molecule has 1 atom stereocenters. The minimum atomic E-state index is -4.36. The van der Waals surface area contributed by atoms with Gasteiger partial charge in [-0.1, -0.05) is 0 Å². The Labute approximate surface area is 77.2 Å². The van der Waals surface area contributed by atoms with Crippen LogP contribution in [0.1, 0.15) is 13.3 Å². The standard InChI is InChI=1S/C6H15NO5P/c1-6(7-3-2-4-8)5-12-13(9,10)11/h6-7H,2-5H2,1H3,(H2,9,10,11). The summed E-state index contributed by atoms with van der Waals surface area (Å²) in [6, 6.07) is -0.167. The first-order chi connectivity index (χ1) is 5.95. The summed E-state index contributed by atoms with van der Waals surface area (Å²) in [6.45, 7) is 2.04. The molecule has 0 aliphatic carbocycles. The lowest BCUT2D eigenvalue weighted by atomic mass is 10.3. The molecular weight excluding hydrogens is 197 g/mol. The van der Waals surface area contributed by atoms with Crippen LogP contribution in [0.15, 0.2) is 0 Å². The molecule has 79 valence electrons. The van der Waals surface area contributed by atoms with E-state index in [-0.39, 0.29) is 19.3 Å². The molecule has 6 nitrogen and oxygen atoms in total. The fourth-order valence-corrected chi connectivity index (χ4v) is 1.11. The van der Waals surface area contributed by atoms with Crippen LogP contribution in [-0.4, -0.2) is 35.6 Å². The Morgan fingerprint density at radius 1 is 1.54 bits per heavy atom. The van der Waals surface area contributed by atoms with Crippen molar-refractivity contribution in [2.24, 2.45) is 0 Å². The highest BCUT2D eigenvalue weighted by molar-refractivity contribution is 7.46. The third-order valence-electron chi connectivity index (χ3n) is 1.31. The zero-order valence-electron chi connectivity index (χ0n) is 7.47. The zero-order chi connectivity index (χ0) is 10.3. The van der Waals surface area contributed by atoms with Gasteiger partial charge in [-0.2, -0.15) is 0 Å². The zero-order valence-corrected chi connectivity index (χ0v) is 8.37. The van der Waals surface area contributed by atoms with Crippen LogP contribution < -0.4 is 5.32 Å². The maximum atomic E-state index is 10.3.